The van der Waals surface area contributed by atoms with E-state index < -0.39 is 0 Å². The molecule has 0 saturated heterocycles. The monoisotopic (exact) mass is 365 g/mol. The lowest BCUT2D eigenvalue weighted by Crippen LogP contribution is -2.41. The summed E-state index contributed by atoms with van der Waals surface area (Å²) in [7, 11) is 0. The average molecular weight is 366 g/mol. The molecule has 0 atom stereocenters. The summed E-state index contributed by atoms with van der Waals surface area (Å²) >= 11 is 3.29. The first-order chi connectivity index (χ1) is 10.5. The molecule has 0 aliphatic carbocycles. The van der Waals surface area contributed by atoms with Gasteiger partial charge in [-0.25, -0.2) is 0 Å². The van der Waals surface area contributed by atoms with Gasteiger partial charge in [0.25, 0.3) is 5.91 Å². The van der Waals surface area contributed by atoms with E-state index in [-0.39, 0.29) is 18.2 Å². The highest BCUT2D eigenvalue weighted by Gasteiger charge is 2.13. The van der Waals surface area contributed by atoms with E-state index >= 15 is 0 Å². The second-order valence-corrected chi connectivity index (χ2v) is 5.64. The van der Waals surface area contributed by atoms with Crippen molar-refractivity contribution in [2.45, 2.75) is 26.7 Å². The van der Waals surface area contributed by atoms with E-state index in [4.69, 9.17) is 4.52 Å². The summed E-state index contributed by atoms with van der Waals surface area (Å²) in [5, 5.41) is 3.84. The summed E-state index contributed by atoms with van der Waals surface area (Å²) in [5.74, 6) is 0.0566. The zero-order valence-electron chi connectivity index (χ0n) is 12.3. The van der Waals surface area contributed by atoms with Gasteiger partial charge in [-0.3, -0.25) is 20.4 Å². The van der Waals surface area contributed by atoms with Crippen LogP contribution in [0.1, 0.15) is 33.8 Å². The number of halogens is 1. The van der Waals surface area contributed by atoms with Crippen molar-refractivity contribution in [3.05, 3.63) is 51.3 Å². The van der Waals surface area contributed by atoms with E-state index in [0.29, 0.717) is 22.2 Å². The van der Waals surface area contributed by atoms with E-state index in [0.717, 1.165) is 11.3 Å². The summed E-state index contributed by atoms with van der Waals surface area (Å²) in [6.07, 6.45) is 0.747. The lowest BCUT2D eigenvalue weighted by molar-refractivity contribution is -0.121. The Labute approximate surface area is 136 Å². The Hall–Kier alpha value is -2.15. The van der Waals surface area contributed by atoms with Crippen LogP contribution in [-0.2, 0) is 11.2 Å². The first kappa shape index (κ1) is 16.2. The summed E-state index contributed by atoms with van der Waals surface area (Å²) < 4.78 is 5.70. The van der Waals surface area contributed by atoms with Gasteiger partial charge in [0.15, 0.2) is 0 Å². The van der Waals surface area contributed by atoms with Crippen LogP contribution in [0.3, 0.4) is 0 Å². The molecule has 2 N–H and O–H groups in total. The van der Waals surface area contributed by atoms with Gasteiger partial charge < -0.3 is 4.52 Å². The molecular formula is C15H16BrN3O3. The van der Waals surface area contributed by atoms with Gasteiger partial charge in [-0.1, -0.05) is 17.3 Å². The van der Waals surface area contributed by atoms with Gasteiger partial charge in [-0.2, -0.15) is 0 Å². The molecule has 22 heavy (non-hydrogen) atoms. The third-order valence-corrected chi connectivity index (χ3v) is 3.91. The Kier molecular flexibility index (Phi) is 5.32. The van der Waals surface area contributed by atoms with E-state index in [1.165, 1.54) is 0 Å². The Balaban J connectivity index is 1.83. The normalized spacial score (nSPS) is 10.3. The topological polar surface area (TPSA) is 84.2 Å². The van der Waals surface area contributed by atoms with Crippen LogP contribution < -0.4 is 10.9 Å². The molecule has 0 aliphatic heterocycles. The lowest BCUT2D eigenvalue weighted by Gasteiger charge is -2.08. The standard InChI is InChI=1S/C15H16BrN3O3/c1-9-11(10(2)22-19-9)7-8-14(20)17-18-15(21)12-5-3-4-6-13(12)16/h3-6H,7-8H2,1-2H3,(H,17,20)(H,18,21). The number of aromatic nitrogens is 1. The molecule has 0 bridgehead atoms. The van der Waals surface area contributed by atoms with Crippen molar-refractivity contribution in [3.63, 3.8) is 0 Å². The number of nitrogens with one attached hydrogen (secondary N) is 2. The molecule has 116 valence electrons. The number of hydrogen-bond acceptors (Lipinski definition) is 4. The van der Waals surface area contributed by atoms with Crippen LogP contribution in [0.5, 0.6) is 0 Å². The number of hydrazine groups is 1. The first-order valence-electron chi connectivity index (χ1n) is 6.74. The molecule has 2 amide bonds. The van der Waals surface area contributed by atoms with Gasteiger partial charge in [0.2, 0.25) is 5.91 Å². The number of nitrogens with zero attached hydrogens (tertiary/aromatic N) is 1. The Bertz CT molecular complexity index is 678. The molecule has 0 spiro atoms. The minimum absolute atomic E-state index is 0.235. The Morgan fingerprint density at radius 1 is 1.23 bits per heavy atom. The molecule has 0 aliphatic rings. The van der Waals surface area contributed by atoms with Crippen LogP contribution in [0, 0.1) is 13.8 Å². The molecule has 2 rings (SSSR count). The SMILES string of the molecule is Cc1noc(C)c1CCC(=O)NNC(=O)c1ccccc1Br. The molecular weight excluding hydrogens is 350 g/mol. The van der Waals surface area contributed by atoms with Crippen LogP contribution in [0.15, 0.2) is 33.3 Å². The van der Waals surface area contributed by atoms with Crippen molar-refractivity contribution < 1.29 is 14.1 Å². The maximum atomic E-state index is 11.9. The van der Waals surface area contributed by atoms with Crippen molar-refractivity contribution in [2.75, 3.05) is 0 Å². The molecule has 1 heterocycles. The Morgan fingerprint density at radius 2 is 1.95 bits per heavy atom. The van der Waals surface area contributed by atoms with Crippen molar-refractivity contribution in [2.24, 2.45) is 0 Å². The number of carbonyl (C=O) groups is 2. The van der Waals surface area contributed by atoms with E-state index in [1.54, 1.807) is 18.2 Å². The summed E-state index contributed by atoms with van der Waals surface area (Å²) in [6, 6.07) is 6.98. The van der Waals surface area contributed by atoms with E-state index in [1.807, 2.05) is 19.9 Å². The van der Waals surface area contributed by atoms with Crippen LogP contribution in [-0.4, -0.2) is 17.0 Å². The van der Waals surface area contributed by atoms with Crippen LogP contribution in [0.2, 0.25) is 0 Å². The summed E-state index contributed by atoms with van der Waals surface area (Å²) in [5.41, 5.74) is 6.95. The van der Waals surface area contributed by atoms with Gasteiger partial charge in [0.05, 0.1) is 11.3 Å². The molecule has 2 aromatic rings. The van der Waals surface area contributed by atoms with Crippen molar-refractivity contribution in [1.82, 2.24) is 16.0 Å². The number of benzene rings is 1. The third-order valence-electron chi connectivity index (χ3n) is 3.22. The molecule has 1 aromatic heterocycles. The summed E-state index contributed by atoms with van der Waals surface area (Å²) in [4.78, 5) is 23.7. The average Bonchev–Trinajstić information content (AvgIpc) is 2.82. The van der Waals surface area contributed by atoms with E-state index in [2.05, 4.69) is 31.9 Å². The van der Waals surface area contributed by atoms with Crippen molar-refractivity contribution >= 4 is 27.7 Å². The van der Waals surface area contributed by atoms with Crippen LogP contribution >= 0.6 is 15.9 Å². The predicted molar refractivity (Wildman–Crippen MR) is 84.0 cm³/mol. The smallest absolute Gasteiger partial charge is 0.270 e. The molecule has 7 heteroatoms. The number of aryl methyl sites for hydroxylation is 2. The molecule has 0 unspecified atom stereocenters. The fraction of sp³-hybridized carbons (Fsp3) is 0.267. The highest BCUT2D eigenvalue weighted by Crippen LogP contribution is 2.15. The minimum atomic E-state index is -0.377. The zero-order valence-corrected chi connectivity index (χ0v) is 13.9. The Morgan fingerprint density at radius 3 is 2.59 bits per heavy atom. The van der Waals surface area contributed by atoms with Gasteiger partial charge >= 0.3 is 0 Å². The molecule has 0 fully saturated rings. The first-order valence-corrected chi connectivity index (χ1v) is 7.53. The van der Waals surface area contributed by atoms with Gasteiger partial charge in [-0.15, -0.1) is 0 Å². The number of amides is 2. The fourth-order valence-electron chi connectivity index (χ4n) is 2.00. The highest BCUT2D eigenvalue weighted by molar-refractivity contribution is 9.10. The molecule has 0 saturated carbocycles. The quantitative estimate of drug-likeness (QED) is 0.815. The predicted octanol–water partition coefficient (Wildman–Crippen LogP) is 2.45. The maximum absolute atomic E-state index is 11.9. The van der Waals surface area contributed by atoms with Crippen LogP contribution in [0.25, 0.3) is 0 Å². The maximum Gasteiger partial charge on any atom is 0.270 e. The van der Waals surface area contributed by atoms with Gasteiger partial charge in [-0.05, 0) is 48.3 Å². The van der Waals surface area contributed by atoms with E-state index in [9.17, 15) is 9.59 Å². The van der Waals surface area contributed by atoms with Crippen molar-refractivity contribution in [3.8, 4) is 0 Å². The van der Waals surface area contributed by atoms with Crippen LogP contribution in [0.4, 0.5) is 0 Å². The number of rotatable bonds is 4. The van der Waals surface area contributed by atoms with Crippen molar-refractivity contribution in [1.29, 1.82) is 0 Å². The lowest BCUT2D eigenvalue weighted by atomic mass is 10.1. The summed E-state index contributed by atoms with van der Waals surface area (Å²) in [6.45, 7) is 3.64. The van der Waals surface area contributed by atoms with Gasteiger partial charge in [0.1, 0.15) is 5.76 Å². The third kappa shape index (κ3) is 3.94. The second-order valence-electron chi connectivity index (χ2n) is 4.78. The molecule has 6 nitrogen and oxygen atoms in total. The number of hydrogen-bond donors (Lipinski definition) is 2. The fourth-order valence-corrected chi connectivity index (χ4v) is 2.46. The highest BCUT2D eigenvalue weighted by atomic mass is 79.9. The molecule has 1 aromatic carbocycles. The van der Waals surface area contributed by atoms with Gasteiger partial charge in [0, 0.05) is 16.5 Å². The molecule has 0 radical (unpaired) electrons. The largest absolute Gasteiger partial charge is 0.361 e. The number of carbonyl (C=O) groups excluding carboxylic acids is 2. The zero-order chi connectivity index (χ0) is 16.1. The minimum Gasteiger partial charge on any atom is -0.361 e. The second kappa shape index (κ2) is 7.22.